The molecule has 1 aliphatic heterocycles. The van der Waals surface area contributed by atoms with Gasteiger partial charge in [-0.3, -0.25) is 4.90 Å². The summed E-state index contributed by atoms with van der Waals surface area (Å²) in [5.74, 6) is 6.27. The zero-order valence-corrected chi connectivity index (χ0v) is 23.2. The molecule has 0 amide bonds. The van der Waals surface area contributed by atoms with E-state index in [1.54, 1.807) is 0 Å². The quantitative estimate of drug-likeness (QED) is 0.336. The van der Waals surface area contributed by atoms with Crippen LogP contribution in [-0.4, -0.2) is 42.5 Å². The summed E-state index contributed by atoms with van der Waals surface area (Å²) in [6.45, 7) is 2.56. The number of hydrogen-bond acceptors (Lipinski definition) is 3. The van der Waals surface area contributed by atoms with E-state index in [4.69, 9.17) is 4.74 Å². The van der Waals surface area contributed by atoms with E-state index >= 15 is 0 Å². The number of hydrogen-bond donors (Lipinski definition) is 0. The van der Waals surface area contributed by atoms with Crippen molar-refractivity contribution in [2.75, 3.05) is 13.1 Å². The van der Waals surface area contributed by atoms with Gasteiger partial charge >= 0.3 is 0 Å². The van der Waals surface area contributed by atoms with Gasteiger partial charge in [0, 0.05) is 25.6 Å². The van der Waals surface area contributed by atoms with E-state index in [0.717, 1.165) is 48.0 Å². The Morgan fingerprint density at radius 1 is 0.639 bits per heavy atom. The van der Waals surface area contributed by atoms with Gasteiger partial charge in [0.05, 0.1) is 12.2 Å². The second kappa shape index (κ2) is 12.2. The third-order valence-electron chi connectivity index (χ3n) is 12.3. The molecule has 7 unspecified atom stereocenters. The summed E-state index contributed by atoms with van der Waals surface area (Å²) >= 11 is 0. The van der Waals surface area contributed by atoms with Crippen LogP contribution < -0.4 is 0 Å². The van der Waals surface area contributed by atoms with Crippen LogP contribution in [0.15, 0.2) is 0 Å². The Balaban J connectivity index is 1.01. The molecule has 0 spiro atoms. The first-order chi connectivity index (χ1) is 17.8. The molecule has 1 saturated heterocycles. The standard InChI is InChI=1S/C33H55NO2/c35-19-18-29-23-34(22-24-10-11-25-6-4-5-7-27(25)20-24)33-17-14-28(21-32(29)33)26-12-15-31(16-13-26)36-30-8-2-1-3-9-30/h19,24-33H,1-18,20-23H2. The number of aldehydes is 1. The molecule has 0 N–H and O–H groups in total. The molecule has 3 nitrogen and oxygen atoms in total. The highest BCUT2D eigenvalue weighted by Gasteiger charge is 2.47. The maximum atomic E-state index is 11.6. The molecule has 6 aliphatic rings. The zero-order valence-electron chi connectivity index (χ0n) is 23.2. The lowest BCUT2D eigenvalue weighted by atomic mass is 9.66. The molecule has 204 valence electrons. The Hall–Kier alpha value is -0.410. The molecule has 6 rings (SSSR count). The van der Waals surface area contributed by atoms with Gasteiger partial charge in [-0.2, -0.15) is 0 Å². The van der Waals surface area contributed by atoms with Crippen molar-refractivity contribution in [3.05, 3.63) is 0 Å². The van der Waals surface area contributed by atoms with Crippen molar-refractivity contribution in [1.82, 2.24) is 4.90 Å². The summed E-state index contributed by atoms with van der Waals surface area (Å²) in [6, 6.07) is 0.779. The molecule has 0 aromatic rings. The molecule has 36 heavy (non-hydrogen) atoms. The van der Waals surface area contributed by atoms with E-state index in [1.165, 1.54) is 141 Å². The highest BCUT2D eigenvalue weighted by molar-refractivity contribution is 5.50. The summed E-state index contributed by atoms with van der Waals surface area (Å²) in [4.78, 5) is 14.6. The van der Waals surface area contributed by atoms with Crippen molar-refractivity contribution >= 4 is 6.29 Å². The van der Waals surface area contributed by atoms with Crippen LogP contribution in [0.3, 0.4) is 0 Å². The number of carbonyl (C=O) groups excluding carboxylic acids is 1. The van der Waals surface area contributed by atoms with Crippen LogP contribution in [0.1, 0.15) is 128 Å². The van der Waals surface area contributed by atoms with Gasteiger partial charge in [0.1, 0.15) is 6.29 Å². The number of carbonyl (C=O) groups is 1. The molecule has 0 aromatic heterocycles. The Morgan fingerprint density at radius 3 is 2.08 bits per heavy atom. The fourth-order valence-corrected chi connectivity index (χ4v) is 10.4. The van der Waals surface area contributed by atoms with Crippen LogP contribution in [0.5, 0.6) is 0 Å². The fourth-order valence-electron chi connectivity index (χ4n) is 10.4. The monoisotopic (exact) mass is 497 g/mol. The van der Waals surface area contributed by atoms with Gasteiger partial charge < -0.3 is 9.53 Å². The smallest absolute Gasteiger partial charge is 0.120 e. The predicted octanol–water partition coefficient (Wildman–Crippen LogP) is 7.81. The minimum absolute atomic E-state index is 0.546. The predicted molar refractivity (Wildman–Crippen MR) is 147 cm³/mol. The van der Waals surface area contributed by atoms with Crippen molar-refractivity contribution in [2.45, 2.75) is 147 Å². The van der Waals surface area contributed by atoms with Crippen LogP contribution in [-0.2, 0) is 9.53 Å². The van der Waals surface area contributed by atoms with E-state index in [2.05, 4.69) is 4.90 Å². The first kappa shape index (κ1) is 25.8. The molecule has 1 heterocycles. The Labute approximate surface area is 221 Å². The summed E-state index contributed by atoms with van der Waals surface area (Å²) < 4.78 is 6.56. The topological polar surface area (TPSA) is 29.5 Å². The van der Waals surface area contributed by atoms with E-state index in [0.29, 0.717) is 18.1 Å². The lowest BCUT2D eigenvalue weighted by Gasteiger charge is -2.44. The minimum Gasteiger partial charge on any atom is -0.375 e. The number of likely N-dealkylation sites (tertiary alicyclic amines) is 1. The molecule has 0 radical (unpaired) electrons. The van der Waals surface area contributed by atoms with Crippen LogP contribution in [0, 0.1) is 41.4 Å². The van der Waals surface area contributed by atoms with Crippen LogP contribution >= 0.6 is 0 Å². The van der Waals surface area contributed by atoms with E-state index < -0.39 is 0 Å². The van der Waals surface area contributed by atoms with E-state index in [9.17, 15) is 4.79 Å². The molecule has 0 aromatic carbocycles. The molecule has 3 heteroatoms. The summed E-state index contributed by atoms with van der Waals surface area (Å²) in [7, 11) is 0. The van der Waals surface area contributed by atoms with Gasteiger partial charge in [0.25, 0.3) is 0 Å². The molecule has 6 fully saturated rings. The Kier molecular flexibility index (Phi) is 8.75. The largest absolute Gasteiger partial charge is 0.375 e. The summed E-state index contributed by atoms with van der Waals surface area (Å²) in [5, 5.41) is 0. The maximum Gasteiger partial charge on any atom is 0.120 e. The average molecular weight is 498 g/mol. The Morgan fingerprint density at radius 2 is 1.28 bits per heavy atom. The third kappa shape index (κ3) is 5.93. The second-order valence-electron chi connectivity index (χ2n) is 14.3. The highest BCUT2D eigenvalue weighted by atomic mass is 16.5. The molecule has 0 bridgehead atoms. The zero-order chi connectivity index (χ0) is 24.3. The molecule has 5 aliphatic carbocycles. The van der Waals surface area contributed by atoms with Crippen molar-refractivity contribution in [3.63, 3.8) is 0 Å². The number of fused-ring (bicyclic) bond motifs is 2. The Bertz CT molecular complexity index is 696. The van der Waals surface area contributed by atoms with Gasteiger partial charge in [0.15, 0.2) is 0 Å². The summed E-state index contributed by atoms with van der Waals surface area (Å²) in [6.07, 6.45) is 30.1. The van der Waals surface area contributed by atoms with Crippen molar-refractivity contribution in [2.24, 2.45) is 41.4 Å². The van der Waals surface area contributed by atoms with Crippen molar-refractivity contribution in [3.8, 4) is 0 Å². The van der Waals surface area contributed by atoms with Crippen LogP contribution in [0.25, 0.3) is 0 Å². The van der Waals surface area contributed by atoms with Gasteiger partial charge in [0.2, 0.25) is 0 Å². The van der Waals surface area contributed by atoms with Gasteiger partial charge in [-0.1, -0.05) is 44.9 Å². The van der Waals surface area contributed by atoms with E-state index in [1.807, 2.05) is 0 Å². The van der Waals surface area contributed by atoms with Crippen molar-refractivity contribution in [1.29, 1.82) is 0 Å². The molecular weight excluding hydrogens is 442 g/mol. The third-order valence-corrected chi connectivity index (χ3v) is 12.3. The number of rotatable bonds is 7. The second-order valence-corrected chi connectivity index (χ2v) is 14.3. The minimum atomic E-state index is 0.546. The lowest BCUT2D eigenvalue weighted by Crippen LogP contribution is -2.42. The fraction of sp³-hybridized carbons (Fsp3) is 0.970. The normalized spacial score (nSPS) is 44.6. The van der Waals surface area contributed by atoms with Gasteiger partial charge in [-0.25, -0.2) is 0 Å². The summed E-state index contributed by atoms with van der Waals surface area (Å²) in [5.41, 5.74) is 0. The molecular formula is C33H55NO2. The number of nitrogens with zero attached hydrogens (tertiary/aromatic N) is 1. The van der Waals surface area contributed by atoms with Gasteiger partial charge in [-0.15, -0.1) is 0 Å². The van der Waals surface area contributed by atoms with E-state index in [-0.39, 0.29) is 0 Å². The SMILES string of the molecule is O=CCC1CN(CC2CCC3CCCCC3C2)C2CCC(C3CCC(OC4CCCCC4)CC3)CC12. The first-order valence-corrected chi connectivity index (χ1v) is 16.6. The highest BCUT2D eigenvalue weighted by Crippen LogP contribution is 2.49. The van der Waals surface area contributed by atoms with Crippen molar-refractivity contribution < 1.29 is 9.53 Å². The van der Waals surface area contributed by atoms with Gasteiger partial charge in [-0.05, 0) is 118 Å². The maximum absolute atomic E-state index is 11.6. The van der Waals surface area contributed by atoms with Crippen LogP contribution in [0.4, 0.5) is 0 Å². The average Bonchev–Trinajstić information content (AvgIpc) is 3.26. The number of ether oxygens (including phenoxy) is 1. The first-order valence-electron chi connectivity index (χ1n) is 16.6. The molecule has 7 atom stereocenters. The molecule has 5 saturated carbocycles. The lowest BCUT2D eigenvalue weighted by molar-refractivity contribution is -0.108. The van der Waals surface area contributed by atoms with Crippen LogP contribution in [0.2, 0.25) is 0 Å².